The molecule has 0 bridgehead atoms. The SMILES string of the molecule is CC[C@]1(c2ccc(Cl)cc2)NC(=S)N(C)N1. The van der Waals surface area contributed by atoms with Crippen LogP contribution in [0.15, 0.2) is 24.3 Å². The van der Waals surface area contributed by atoms with Gasteiger partial charge in [-0.3, -0.25) is 5.01 Å². The van der Waals surface area contributed by atoms with Crippen LogP contribution in [0, 0.1) is 0 Å². The number of benzene rings is 1. The molecule has 1 fully saturated rings. The molecular formula is C11H14ClN3S. The normalized spacial score (nSPS) is 24.7. The Morgan fingerprint density at radius 2 is 2.00 bits per heavy atom. The highest BCUT2D eigenvalue weighted by atomic mass is 35.5. The zero-order chi connectivity index (χ0) is 11.8. The van der Waals surface area contributed by atoms with Crippen LogP contribution in [0.2, 0.25) is 5.02 Å². The fourth-order valence-electron chi connectivity index (χ4n) is 1.87. The van der Waals surface area contributed by atoms with Crippen LogP contribution in [0.4, 0.5) is 0 Å². The summed E-state index contributed by atoms with van der Waals surface area (Å²) < 4.78 is 0. The van der Waals surface area contributed by atoms with Crippen LogP contribution >= 0.6 is 23.8 Å². The number of nitrogens with zero attached hydrogens (tertiary/aromatic N) is 1. The van der Waals surface area contributed by atoms with Crippen LogP contribution in [0.5, 0.6) is 0 Å². The monoisotopic (exact) mass is 255 g/mol. The first-order chi connectivity index (χ1) is 7.57. The number of hydrogen-bond donors (Lipinski definition) is 2. The van der Waals surface area contributed by atoms with Gasteiger partial charge in [-0.1, -0.05) is 30.7 Å². The maximum Gasteiger partial charge on any atom is 0.185 e. The third kappa shape index (κ3) is 1.88. The standard InChI is InChI=1S/C11H14ClN3S/c1-3-11(13-10(16)15(2)14-11)8-4-6-9(12)7-5-8/h4-7,14H,3H2,1-2H3,(H,13,16)/t11-/m0/s1. The number of halogens is 1. The molecule has 1 heterocycles. The van der Waals surface area contributed by atoms with Crippen molar-refractivity contribution in [3.63, 3.8) is 0 Å². The number of rotatable bonds is 2. The third-order valence-corrected chi connectivity index (χ3v) is 3.48. The van der Waals surface area contributed by atoms with Crippen molar-refractivity contribution in [1.29, 1.82) is 0 Å². The minimum absolute atomic E-state index is 0.309. The molecule has 0 unspecified atom stereocenters. The summed E-state index contributed by atoms with van der Waals surface area (Å²) >= 11 is 11.1. The highest BCUT2D eigenvalue weighted by Crippen LogP contribution is 2.27. The van der Waals surface area contributed by atoms with E-state index in [2.05, 4.69) is 17.7 Å². The summed E-state index contributed by atoms with van der Waals surface area (Å²) in [6.07, 6.45) is 0.888. The van der Waals surface area contributed by atoms with E-state index in [0.717, 1.165) is 17.0 Å². The average molecular weight is 256 g/mol. The summed E-state index contributed by atoms with van der Waals surface area (Å²) in [5, 5.41) is 6.58. The van der Waals surface area contributed by atoms with Crippen molar-refractivity contribution in [2.24, 2.45) is 0 Å². The van der Waals surface area contributed by atoms with Crippen molar-refractivity contribution in [2.45, 2.75) is 19.0 Å². The van der Waals surface area contributed by atoms with Gasteiger partial charge in [0.05, 0.1) is 0 Å². The van der Waals surface area contributed by atoms with Gasteiger partial charge in [0.2, 0.25) is 0 Å². The zero-order valence-corrected chi connectivity index (χ0v) is 10.8. The van der Waals surface area contributed by atoms with Gasteiger partial charge in [-0.2, -0.15) is 0 Å². The molecular weight excluding hydrogens is 242 g/mol. The molecule has 3 nitrogen and oxygen atoms in total. The Bertz CT molecular complexity index is 406. The topological polar surface area (TPSA) is 27.3 Å². The third-order valence-electron chi connectivity index (χ3n) is 2.85. The molecule has 0 saturated carbocycles. The van der Waals surface area contributed by atoms with Crippen LogP contribution < -0.4 is 10.7 Å². The molecule has 1 atom stereocenters. The Hall–Kier alpha value is -0.840. The molecule has 0 aliphatic carbocycles. The van der Waals surface area contributed by atoms with Gasteiger partial charge in [0, 0.05) is 12.1 Å². The molecule has 1 aliphatic heterocycles. The first kappa shape index (κ1) is 11.6. The van der Waals surface area contributed by atoms with E-state index in [0.29, 0.717) is 5.11 Å². The molecule has 0 spiro atoms. The summed E-state index contributed by atoms with van der Waals surface area (Å²) in [5.41, 5.74) is 4.16. The van der Waals surface area contributed by atoms with E-state index < -0.39 is 0 Å². The van der Waals surface area contributed by atoms with Crippen molar-refractivity contribution < 1.29 is 0 Å². The first-order valence-corrected chi connectivity index (χ1v) is 5.96. The van der Waals surface area contributed by atoms with Gasteiger partial charge in [-0.15, -0.1) is 0 Å². The Labute approximate surface area is 106 Å². The lowest BCUT2D eigenvalue weighted by Crippen LogP contribution is -2.47. The van der Waals surface area contributed by atoms with Gasteiger partial charge >= 0.3 is 0 Å². The molecule has 5 heteroatoms. The van der Waals surface area contributed by atoms with Crippen molar-refractivity contribution >= 4 is 28.9 Å². The Balaban J connectivity index is 2.36. The summed E-state index contributed by atoms with van der Waals surface area (Å²) in [7, 11) is 1.91. The average Bonchev–Trinajstić information content (AvgIpc) is 2.57. The van der Waals surface area contributed by atoms with Crippen molar-refractivity contribution in [1.82, 2.24) is 15.8 Å². The summed E-state index contributed by atoms with van der Waals surface area (Å²) in [5.74, 6) is 0. The van der Waals surface area contributed by atoms with Gasteiger partial charge in [0.25, 0.3) is 0 Å². The largest absolute Gasteiger partial charge is 0.338 e. The minimum Gasteiger partial charge on any atom is -0.338 e. The molecule has 0 amide bonds. The predicted molar refractivity (Wildman–Crippen MR) is 70.1 cm³/mol. The van der Waals surface area contributed by atoms with E-state index in [1.165, 1.54) is 0 Å². The van der Waals surface area contributed by atoms with Gasteiger partial charge in [0.15, 0.2) is 5.11 Å². The highest BCUT2D eigenvalue weighted by molar-refractivity contribution is 7.80. The lowest BCUT2D eigenvalue weighted by Gasteiger charge is -2.28. The van der Waals surface area contributed by atoms with E-state index in [1.807, 2.05) is 36.3 Å². The molecule has 16 heavy (non-hydrogen) atoms. The maximum absolute atomic E-state index is 5.89. The molecule has 2 rings (SSSR count). The lowest BCUT2D eigenvalue weighted by atomic mass is 9.98. The first-order valence-electron chi connectivity index (χ1n) is 5.17. The fourth-order valence-corrected chi connectivity index (χ4v) is 2.22. The minimum atomic E-state index is -0.309. The molecule has 1 aliphatic rings. The quantitative estimate of drug-likeness (QED) is 0.793. The number of thiocarbonyl (C=S) groups is 1. The van der Waals surface area contributed by atoms with E-state index >= 15 is 0 Å². The molecule has 86 valence electrons. The summed E-state index contributed by atoms with van der Waals surface area (Å²) in [4.78, 5) is 0. The van der Waals surface area contributed by atoms with Gasteiger partial charge in [-0.05, 0) is 36.3 Å². The van der Waals surface area contributed by atoms with Crippen molar-refractivity contribution in [2.75, 3.05) is 7.05 Å². The van der Waals surface area contributed by atoms with E-state index in [9.17, 15) is 0 Å². The van der Waals surface area contributed by atoms with Gasteiger partial charge in [-0.25, -0.2) is 5.43 Å². The second-order valence-electron chi connectivity index (χ2n) is 3.87. The molecule has 1 aromatic carbocycles. The van der Waals surface area contributed by atoms with Crippen LogP contribution in [-0.2, 0) is 5.66 Å². The number of nitrogens with one attached hydrogen (secondary N) is 2. The van der Waals surface area contributed by atoms with Crippen LogP contribution in [0.1, 0.15) is 18.9 Å². The molecule has 0 radical (unpaired) electrons. The predicted octanol–water partition coefficient (Wildman–Crippen LogP) is 2.23. The Kier molecular flexibility index (Phi) is 3.06. The number of hydrazine groups is 1. The molecule has 1 aromatic rings. The second-order valence-corrected chi connectivity index (χ2v) is 4.69. The maximum atomic E-state index is 5.89. The Morgan fingerprint density at radius 3 is 2.44 bits per heavy atom. The lowest BCUT2D eigenvalue weighted by molar-refractivity contribution is 0.236. The van der Waals surface area contributed by atoms with Crippen LogP contribution in [0.3, 0.4) is 0 Å². The van der Waals surface area contributed by atoms with Crippen molar-refractivity contribution in [3.8, 4) is 0 Å². The highest BCUT2D eigenvalue weighted by Gasteiger charge is 2.38. The molecule has 0 aromatic heterocycles. The van der Waals surface area contributed by atoms with Crippen molar-refractivity contribution in [3.05, 3.63) is 34.9 Å². The van der Waals surface area contributed by atoms with E-state index in [-0.39, 0.29) is 5.66 Å². The number of hydrogen-bond acceptors (Lipinski definition) is 2. The van der Waals surface area contributed by atoms with Gasteiger partial charge in [0.1, 0.15) is 5.66 Å². The zero-order valence-electron chi connectivity index (χ0n) is 9.25. The van der Waals surface area contributed by atoms with Crippen LogP contribution in [-0.4, -0.2) is 17.2 Å². The van der Waals surface area contributed by atoms with Crippen LogP contribution in [0.25, 0.3) is 0 Å². The molecule has 1 saturated heterocycles. The fraction of sp³-hybridized carbons (Fsp3) is 0.364. The van der Waals surface area contributed by atoms with Gasteiger partial charge < -0.3 is 5.32 Å². The Morgan fingerprint density at radius 1 is 1.38 bits per heavy atom. The smallest absolute Gasteiger partial charge is 0.185 e. The summed E-state index contributed by atoms with van der Waals surface area (Å²) in [6, 6.07) is 7.79. The van der Waals surface area contributed by atoms with E-state index in [1.54, 1.807) is 0 Å². The second kappa shape index (κ2) is 4.20. The van der Waals surface area contributed by atoms with E-state index in [4.69, 9.17) is 23.8 Å². The summed E-state index contributed by atoms with van der Waals surface area (Å²) in [6.45, 7) is 2.11. The molecule has 2 N–H and O–H groups in total.